The molecule has 126 valence electrons. The monoisotopic (exact) mass is 343 g/mol. The van der Waals surface area contributed by atoms with Gasteiger partial charge in [0.05, 0.1) is 0 Å². The molecule has 0 radical (unpaired) electrons. The fourth-order valence-electron chi connectivity index (χ4n) is 4.03. The minimum absolute atomic E-state index is 0.195. The second-order valence-corrected chi connectivity index (χ2v) is 7.47. The van der Waals surface area contributed by atoms with Crippen molar-refractivity contribution in [3.63, 3.8) is 0 Å². The Hall–Kier alpha value is -1.55. The third-order valence-electron chi connectivity index (χ3n) is 5.45. The highest BCUT2D eigenvalue weighted by Gasteiger charge is 2.43. The minimum Gasteiger partial charge on any atom is -0.457 e. The van der Waals surface area contributed by atoms with Gasteiger partial charge in [0.25, 0.3) is 0 Å². The Labute approximate surface area is 147 Å². The van der Waals surface area contributed by atoms with Crippen LogP contribution in [0.15, 0.2) is 42.5 Å². The first-order valence-electron chi connectivity index (χ1n) is 8.53. The zero-order valence-corrected chi connectivity index (χ0v) is 14.6. The van der Waals surface area contributed by atoms with Crippen molar-refractivity contribution in [3.05, 3.63) is 58.6 Å². The van der Waals surface area contributed by atoms with E-state index >= 15 is 0 Å². The number of fused-ring (bicyclic) bond motifs is 2. The number of rotatable bonds is 1. The molecule has 1 fully saturated rings. The third-order valence-corrected chi connectivity index (χ3v) is 5.69. The summed E-state index contributed by atoms with van der Waals surface area (Å²) in [5, 5.41) is 12.5. The molecule has 0 bridgehead atoms. The summed E-state index contributed by atoms with van der Waals surface area (Å²) in [7, 11) is 2.14. The summed E-state index contributed by atoms with van der Waals surface area (Å²) in [6, 6.07) is 13.6. The van der Waals surface area contributed by atoms with Crippen molar-refractivity contribution in [2.24, 2.45) is 5.92 Å². The fraction of sp³-hybridized carbons (Fsp3) is 0.400. The molecule has 1 unspecified atom stereocenters. The lowest BCUT2D eigenvalue weighted by molar-refractivity contribution is -0.0459. The quantitative estimate of drug-likeness (QED) is 0.841. The number of likely N-dealkylation sites (tertiary alicyclic amines) is 1. The largest absolute Gasteiger partial charge is 0.457 e. The average Bonchev–Trinajstić information content (AvgIpc) is 2.70. The number of hydrogen-bond acceptors (Lipinski definition) is 3. The van der Waals surface area contributed by atoms with Crippen LogP contribution in [0.5, 0.6) is 11.5 Å². The smallest absolute Gasteiger partial charge is 0.133 e. The molecule has 24 heavy (non-hydrogen) atoms. The zero-order chi connectivity index (χ0) is 16.7. The van der Waals surface area contributed by atoms with Gasteiger partial charge in [-0.05, 0) is 68.7 Å². The van der Waals surface area contributed by atoms with Crippen LogP contribution in [0.1, 0.15) is 24.0 Å². The molecule has 1 saturated heterocycles. The van der Waals surface area contributed by atoms with Crippen molar-refractivity contribution in [2.75, 3.05) is 20.1 Å². The number of ether oxygens (including phenoxy) is 1. The van der Waals surface area contributed by atoms with Crippen molar-refractivity contribution in [3.8, 4) is 11.5 Å². The topological polar surface area (TPSA) is 32.7 Å². The van der Waals surface area contributed by atoms with Crippen molar-refractivity contribution in [2.45, 2.75) is 24.9 Å². The molecule has 4 heteroatoms. The van der Waals surface area contributed by atoms with E-state index in [4.69, 9.17) is 16.3 Å². The number of halogens is 1. The molecule has 0 aliphatic carbocycles. The summed E-state index contributed by atoms with van der Waals surface area (Å²) in [6.07, 6.45) is 2.51. The molecular formula is C20H22ClNO2. The van der Waals surface area contributed by atoms with Gasteiger partial charge in [-0.2, -0.15) is 0 Å². The molecule has 2 aromatic rings. The molecule has 0 amide bonds. The van der Waals surface area contributed by atoms with Gasteiger partial charge in [0.15, 0.2) is 0 Å². The molecule has 1 N–H and O–H groups in total. The van der Waals surface area contributed by atoms with Crippen LogP contribution < -0.4 is 4.74 Å². The maximum atomic E-state index is 11.8. The maximum Gasteiger partial charge on any atom is 0.133 e. The van der Waals surface area contributed by atoms with E-state index in [0.29, 0.717) is 17.2 Å². The van der Waals surface area contributed by atoms with Gasteiger partial charge in [-0.15, -0.1) is 0 Å². The predicted molar refractivity (Wildman–Crippen MR) is 95.8 cm³/mol. The summed E-state index contributed by atoms with van der Waals surface area (Å²) in [5.41, 5.74) is 0.917. The van der Waals surface area contributed by atoms with E-state index in [1.165, 1.54) is 0 Å². The second-order valence-electron chi connectivity index (χ2n) is 7.03. The van der Waals surface area contributed by atoms with E-state index in [2.05, 4.69) is 11.9 Å². The van der Waals surface area contributed by atoms with Gasteiger partial charge in [-0.1, -0.05) is 29.8 Å². The van der Waals surface area contributed by atoms with Crippen LogP contribution in [0.3, 0.4) is 0 Å². The second kappa shape index (κ2) is 6.07. The Balaban J connectivity index is 1.84. The minimum atomic E-state index is -0.950. The Morgan fingerprint density at radius 1 is 1.12 bits per heavy atom. The van der Waals surface area contributed by atoms with Crippen molar-refractivity contribution >= 4 is 11.6 Å². The van der Waals surface area contributed by atoms with Gasteiger partial charge in [0, 0.05) is 17.0 Å². The Kier molecular flexibility index (Phi) is 4.03. The molecule has 3 nitrogen and oxygen atoms in total. The lowest BCUT2D eigenvalue weighted by atomic mass is 9.73. The fourth-order valence-corrected chi connectivity index (χ4v) is 4.21. The van der Waals surface area contributed by atoms with Crippen LogP contribution in [0, 0.1) is 5.92 Å². The lowest BCUT2D eigenvalue weighted by Gasteiger charge is -2.41. The highest BCUT2D eigenvalue weighted by atomic mass is 35.5. The number of para-hydroxylation sites is 1. The van der Waals surface area contributed by atoms with E-state index in [1.807, 2.05) is 42.5 Å². The van der Waals surface area contributed by atoms with Crippen LogP contribution in [0.25, 0.3) is 0 Å². The van der Waals surface area contributed by atoms with Gasteiger partial charge in [0.2, 0.25) is 0 Å². The van der Waals surface area contributed by atoms with E-state index in [1.54, 1.807) is 0 Å². The van der Waals surface area contributed by atoms with E-state index < -0.39 is 5.60 Å². The van der Waals surface area contributed by atoms with Gasteiger partial charge in [-0.25, -0.2) is 0 Å². The molecule has 1 atom stereocenters. The molecule has 0 saturated carbocycles. The maximum absolute atomic E-state index is 11.8. The standard InChI is InChI=1S/C20H22ClNO2/c1-22-10-8-15(9-11-22)20(23)13-14-4-2-3-5-18(14)24-19-7-6-16(21)12-17(19)20/h2-7,12,15,23H,8-11,13H2,1H3. The van der Waals surface area contributed by atoms with Gasteiger partial charge in [-0.3, -0.25) is 0 Å². The summed E-state index contributed by atoms with van der Waals surface area (Å²) >= 11 is 6.26. The third kappa shape index (κ3) is 2.71. The van der Waals surface area contributed by atoms with E-state index in [0.717, 1.165) is 42.8 Å². The number of piperidine rings is 1. The molecular weight excluding hydrogens is 322 g/mol. The van der Waals surface area contributed by atoms with Crippen LogP contribution in [0.4, 0.5) is 0 Å². The summed E-state index contributed by atoms with van der Waals surface area (Å²) < 4.78 is 6.14. The summed E-state index contributed by atoms with van der Waals surface area (Å²) in [4.78, 5) is 2.32. The van der Waals surface area contributed by atoms with Crippen LogP contribution in [0.2, 0.25) is 5.02 Å². The molecule has 0 aromatic heterocycles. The highest BCUT2D eigenvalue weighted by Crippen LogP contribution is 2.48. The molecule has 4 rings (SSSR count). The first-order chi connectivity index (χ1) is 11.6. The summed E-state index contributed by atoms with van der Waals surface area (Å²) in [6.45, 7) is 2.01. The predicted octanol–water partition coefficient (Wildman–Crippen LogP) is 4.22. The molecule has 2 aromatic carbocycles. The molecule has 0 spiro atoms. The number of benzene rings is 2. The average molecular weight is 344 g/mol. The Morgan fingerprint density at radius 3 is 2.67 bits per heavy atom. The van der Waals surface area contributed by atoms with Gasteiger partial charge in [0.1, 0.15) is 17.1 Å². The molecule has 2 aliphatic heterocycles. The van der Waals surface area contributed by atoms with Crippen molar-refractivity contribution in [1.29, 1.82) is 0 Å². The summed E-state index contributed by atoms with van der Waals surface area (Å²) in [5.74, 6) is 1.73. The van der Waals surface area contributed by atoms with Crippen molar-refractivity contribution < 1.29 is 9.84 Å². The normalized spacial score (nSPS) is 24.6. The highest BCUT2D eigenvalue weighted by molar-refractivity contribution is 6.30. The first-order valence-corrected chi connectivity index (χ1v) is 8.91. The molecule has 2 aliphatic rings. The van der Waals surface area contributed by atoms with E-state index in [9.17, 15) is 5.11 Å². The number of nitrogens with zero attached hydrogens (tertiary/aromatic N) is 1. The number of aliphatic hydroxyl groups is 1. The van der Waals surface area contributed by atoms with Crippen LogP contribution >= 0.6 is 11.6 Å². The zero-order valence-electron chi connectivity index (χ0n) is 13.8. The van der Waals surface area contributed by atoms with Crippen LogP contribution in [-0.4, -0.2) is 30.1 Å². The van der Waals surface area contributed by atoms with E-state index in [-0.39, 0.29) is 5.92 Å². The molecule has 2 heterocycles. The lowest BCUT2D eigenvalue weighted by Crippen LogP contribution is -2.43. The Morgan fingerprint density at radius 2 is 1.88 bits per heavy atom. The Bertz CT molecular complexity index is 755. The number of hydrogen-bond donors (Lipinski definition) is 1. The van der Waals surface area contributed by atoms with Gasteiger partial charge < -0.3 is 14.7 Å². The van der Waals surface area contributed by atoms with Crippen molar-refractivity contribution in [1.82, 2.24) is 4.90 Å². The van der Waals surface area contributed by atoms with Gasteiger partial charge >= 0.3 is 0 Å². The van der Waals surface area contributed by atoms with Crippen LogP contribution in [-0.2, 0) is 12.0 Å². The SMILES string of the molecule is CN1CCC(C2(O)Cc3ccccc3Oc3ccc(Cl)cc32)CC1. The first kappa shape index (κ1) is 15.9.